The monoisotopic (exact) mass is 220 g/mol. The van der Waals surface area contributed by atoms with Gasteiger partial charge in [0.15, 0.2) is 0 Å². The largest absolute Gasteiger partial charge is 0.426 e. The summed E-state index contributed by atoms with van der Waals surface area (Å²) in [6.07, 6.45) is 0.801. The molecule has 0 spiro atoms. The van der Waals surface area contributed by atoms with Crippen molar-refractivity contribution in [2.24, 2.45) is 11.3 Å². The second-order valence-electron chi connectivity index (χ2n) is 5.06. The quantitative estimate of drug-likeness (QED) is 0.574. The Kier molecular flexibility index (Phi) is 4.11. The molecule has 0 heterocycles. The first-order valence-electron chi connectivity index (χ1n) is 5.72. The maximum atomic E-state index is 12.0. The van der Waals surface area contributed by atoms with Crippen molar-refractivity contribution >= 4 is 5.97 Å². The van der Waals surface area contributed by atoms with Crippen molar-refractivity contribution in [3.05, 3.63) is 30.3 Å². The van der Waals surface area contributed by atoms with Crippen molar-refractivity contribution < 1.29 is 9.53 Å². The molecule has 1 aromatic rings. The van der Waals surface area contributed by atoms with Crippen molar-refractivity contribution in [2.45, 2.75) is 34.1 Å². The molecule has 0 fully saturated rings. The predicted octanol–water partition coefficient (Wildman–Crippen LogP) is 3.66. The van der Waals surface area contributed by atoms with Crippen LogP contribution in [0.15, 0.2) is 30.3 Å². The van der Waals surface area contributed by atoms with Gasteiger partial charge in [-0.25, -0.2) is 0 Å². The minimum atomic E-state index is -0.138. The third kappa shape index (κ3) is 3.37. The fourth-order valence-corrected chi connectivity index (χ4v) is 1.81. The van der Waals surface area contributed by atoms with Crippen LogP contribution in [0.2, 0.25) is 0 Å². The standard InChI is InChI=1S/C14H20O2/c1-5-12(14(2,3)4)13(15)16-11-9-7-6-8-10-11/h6-10,12H,5H2,1-4H3. The molecule has 1 aromatic carbocycles. The van der Waals surface area contributed by atoms with E-state index in [9.17, 15) is 4.79 Å². The van der Waals surface area contributed by atoms with Gasteiger partial charge >= 0.3 is 5.97 Å². The second kappa shape index (κ2) is 5.15. The fourth-order valence-electron chi connectivity index (χ4n) is 1.81. The van der Waals surface area contributed by atoms with Crippen LogP contribution in [0.4, 0.5) is 0 Å². The molecule has 0 aliphatic rings. The van der Waals surface area contributed by atoms with Crippen molar-refractivity contribution in [3.63, 3.8) is 0 Å². The van der Waals surface area contributed by atoms with E-state index in [0.717, 1.165) is 6.42 Å². The van der Waals surface area contributed by atoms with E-state index in [1.165, 1.54) is 0 Å². The average molecular weight is 220 g/mol. The molecule has 16 heavy (non-hydrogen) atoms. The van der Waals surface area contributed by atoms with E-state index in [2.05, 4.69) is 20.8 Å². The maximum Gasteiger partial charge on any atom is 0.314 e. The molecular weight excluding hydrogens is 200 g/mol. The lowest BCUT2D eigenvalue weighted by molar-refractivity contribution is -0.142. The van der Waals surface area contributed by atoms with Crippen LogP contribution < -0.4 is 4.74 Å². The van der Waals surface area contributed by atoms with Crippen molar-refractivity contribution in [1.29, 1.82) is 0 Å². The highest BCUT2D eigenvalue weighted by atomic mass is 16.5. The smallest absolute Gasteiger partial charge is 0.314 e. The molecule has 0 saturated carbocycles. The molecule has 1 unspecified atom stereocenters. The van der Waals surface area contributed by atoms with Gasteiger partial charge in [0.2, 0.25) is 0 Å². The van der Waals surface area contributed by atoms with E-state index in [4.69, 9.17) is 4.74 Å². The minimum absolute atomic E-state index is 0.0549. The van der Waals surface area contributed by atoms with Crippen LogP contribution in [-0.4, -0.2) is 5.97 Å². The summed E-state index contributed by atoms with van der Waals surface area (Å²) in [5.41, 5.74) is -0.0549. The van der Waals surface area contributed by atoms with Gasteiger partial charge in [0.25, 0.3) is 0 Å². The summed E-state index contributed by atoms with van der Waals surface area (Å²) >= 11 is 0. The van der Waals surface area contributed by atoms with Crippen molar-refractivity contribution in [2.75, 3.05) is 0 Å². The number of esters is 1. The highest BCUT2D eigenvalue weighted by Crippen LogP contribution is 2.30. The van der Waals surface area contributed by atoms with Crippen LogP contribution in [0.1, 0.15) is 34.1 Å². The Bertz CT molecular complexity index is 336. The van der Waals surface area contributed by atoms with Crippen molar-refractivity contribution in [1.82, 2.24) is 0 Å². The number of hydrogen-bond acceptors (Lipinski definition) is 2. The van der Waals surface area contributed by atoms with Gasteiger partial charge in [-0.05, 0) is 24.0 Å². The zero-order chi connectivity index (χ0) is 12.2. The average Bonchev–Trinajstić information content (AvgIpc) is 2.17. The van der Waals surface area contributed by atoms with Crippen LogP contribution in [0.25, 0.3) is 0 Å². The number of para-hydroxylation sites is 1. The zero-order valence-corrected chi connectivity index (χ0v) is 10.5. The lowest BCUT2D eigenvalue weighted by atomic mass is 9.79. The number of hydrogen-bond donors (Lipinski definition) is 0. The van der Waals surface area contributed by atoms with E-state index in [1.54, 1.807) is 12.1 Å². The molecule has 88 valence electrons. The molecule has 0 amide bonds. The van der Waals surface area contributed by atoms with Gasteiger partial charge in [0, 0.05) is 0 Å². The molecule has 0 radical (unpaired) electrons. The van der Waals surface area contributed by atoms with E-state index in [-0.39, 0.29) is 17.3 Å². The Balaban J connectivity index is 2.71. The molecule has 0 N–H and O–H groups in total. The first-order chi connectivity index (χ1) is 7.45. The van der Waals surface area contributed by atoms with Crippen LogP contribution in [0.3, 0.4) is 0 Å². The normalized spacial score (nSPS) is 13.2. The van der Waals surface area contributed by atoms with Crippen molar-refractivity contribution in [3.8, 4) is 5.75 Å². The van der Waals surface area contributed by atoms with Gasteiger partial charge in [-0.15, -0.1) is 0 Å². The van der Waals surface area contributed by atoms with Crippen LogP contribution in [0, 0.1) is 11.3 Å². The third-order valence-electron chi connectivity index (χ3n) is 2.70. The lowest BCUT2D eigenvalue weighted by Gasteiger charge is -2.27. The summed E-state index contributed by atoms with van der Waals surface area (Å²) in [6.45, 7) is 8.20. The summed E-state index contributed by atoms with van der Waals surface area (Å²) in [5, 5.41) is 0. The van der Waals surface area contributed by atoms with Gasteiger partial charge < -0.3 is 4.74 Å². The summed E-state index contributed by atoms with van der Waals surface area (Å²) < 4.78 is 5.35. The minimum Gasteiger partial charge on any atom is -0.426 e. The molecule has 0 bridgehead atoms. The van der Waals surface area contributed by atoms with Crippen LogP contribution in [0.5, 0.6) is 5.75 Å². The number of carbonyl (C=O) groups is 1. The number of benzene rings is 1. The molecule has 0 aliphatic heterocycles. The van der Waals surface area contributed by atoms with Gasteiger partial charge in [-0.2, -0.15) is 0 Å². The van der Waals surface area contributed by atoms with Gasteiger partial charge in [0.1, 0.15) is 5.75 Å². The summed E-state index contributed by atoms with van der Waals surface area (Å²) in [7, 11) is 0. The molecule has 1 atom stereocenters. The van der Waals surface area contributed by atoms with E-state index in [1.807, 2.05) is 25.1 Å². The summed E-state index contributed by atoms with van der Waals surface area (Å²) in [4.78, 5) is 12.0. The Hall–Kier alpha value is -1.31. The number of ether oxygens (including phenoxy) is 1. The molecule has 0 saturated heterocycles. The summed E-state index contributed by atoms with van der Waals surface area (Å²) in [6, 6.07) is 9.22. The first-order valence-corrected chi connectivity index (χ1v) is 5.72. The SMILES string of the molecule is CCC(C(=O)Oc1ccccc1)C(C)(C)C. The fraction of sp³-hybridized carbons (Fsp3) is 0.500. The Morgan fingerprint density at radius 2 is 1.81 bits per heavy atom. The Labute approximate surface area is 97.6 Å². The highest BCUT2D eigenvalue weighted by molar-refractivity contribution is 5.75. The molecular formula is C14H20O2. The molecule has 0 aliphatic carbocycles. The van der Waals surface area contributed by atoms with Crippen LogP contribution in [-0.2, 0) is 4.79 Å². The summed E-state index contributed by atoms with van der Waals surface area (Å²) in [5.74, 6) is 0.420. The lowest BCUT2D eigenvalue weighted by Crippen LogP contribution is -2.31. The number of rotatable bonds is 3. The third-order valence-corrected chi connectivity index (χ3v) is 2.70. The molecule has 2 nitrogen and oxygen atoms in total. The molecule has 1 rings (SSSR count). The van der Waals surface area contributed by atoms with E-state index in [0.29, 0.717) is 5.75 Å². The Morgan fingerprint density at radius 1 is 1.25 bits per heavy atom. The van der Waals surface area contributed by atoms with Gasteiger partial charge in [0.05, 0.1) is 5.92 Å². The maximum absolute atomic E-state index is 12.0. The first kappa shape index (κ1) is 12.8. The molecule has 2 heteroatoms. The van der Waals surface area contributed by atoms with Gasteiger partial charge in [-0.3, -0.25) is 4.79 Å². The van der Waals surface area contributed by atoms with Gasteiger partial charge in [-0.1, -0.05) is 45.9 Å². The topological polar surface area (TPSA) is 26.3 Å². The second-order valence-corrected chi connectivity index (χ2v) is 5.06. The predicted molar refractivity (Wildman–Crippen MR) is 65.3 cm³/mol. The van der Waals surface area contributed by atoms with E-state index >= 15 is 0 Å². The van der Waals surface area contributed by atoms with Crippen LogP contribution >= 0.6 is 0 Å². The highest BCUT2D eigenvalue weighted by Gasteiger charge is 2.31. The van der Waals surface area contributed by atoms with E-state index < -0.39 is 0 Å². The molecule has 0 aromatic heterocycles. The zero-order valence-electron chi connectivity index (χ0n) is 10.5. The number of carbonyl (C=O) groups excluding carboxylic acids is 1. The Morgan fingerprint density at radius 3 is 2.25 bits per heavy atom.